The Bertz CT molecular complexity index is 669. The van der Waals surface area contributed by atoms with Crippen LogP contribution in [0.15, 0.2) is 24.3 Å². The van der Waals surface area contributed by atoms with Crippen molar-refractivity contribution in [1.29, 1.82) is 0 Å². The van der Waals surface area contributed by atoms with E-state index in [1.54, 1.807) is 18.4 Å². The fourth-order valence-electron chi connectivity index (χ4n) is 2.61. The molecule has 0 atom stereocenters. The van der Waals surface area contributed by atoms with Gasteiger partial charge in [0.2, 0.25) is 0 Å². The van der Waals surface area contributed by atoms with Crippen molar-refractivity contribution >= 4 is 22.4 Å². The highest BCUT2D eigenvalue weighted by molar-refractivity contribution is 7.15. The number of thiazole rings is 1. The molecule has 0 saturated carbocycles. The number of hydrogen-bond donors (Lipinski definition) is 0. The molecule has 3 rings (SSSR count). The first-order valence-corrected chi connectivity index (χ1v) is 8.52. The molecule has 1 saturated heterocycles. The number of carbonyl (C=O) groups is 1. The van der Waals surface area contributed by atoms with Crippen molar-refractivity contribution < 1.29 is 9.53 Å². The van der Waals surface area contributed by atoms with E-state index in [4.69, 9.17) is 4.74 Å². The van der Waals surface area contributed by atoms with Crippen LogP contribution >= 0.6 is 11.3 Å². The van der Waals surface area contributed by atoms with Crippen molar-refractivity contribution in [2.45, 2.75) is 13.8 Å². The number of amides is 1. The van der Waals surface area contributed by atoms with Gasteiger partial charge in [-0.3, -0.25) is 4.79 Å². The van der Waals surface area contributed by atoms with Crippen LogP contribution in [0, 0.1) is 13.8 Å². The maximum absolute atomic E-state index is 12.6. The summed E-state index contributed by atoms with van der Waals surface area (Å²) in [6, 6.07) is 7.29. The van der Waals surface area contributed by atoms with Gasteiger partial charge in [0.25, 0.3) is 5.91 Å². The van der Waals surface area contributed by atoms with E-state index >= 15 is 0 Å². The molecule has 122 valence electrons. The normalized spacial score (nSPS) is 14.9. The van der Waals surface area contributed by atoms with Crippen LogP contribution in [0.5, 0.6) is 5.75 Å². The number of methoxy groups -OCH3 is 1. The molecule has 23 heavy (non-hydrogen) atoms. The molecule has 0 N–H and O–H groups in total. The van der Waals surface area contributed by atoms with Crippen molar-refractivity contribution in [3.63, 3.8) is 0 Å². The lowest BCUT2D eigenvalue weighted by Gasteiger charge is -2.34. The highest BCUT2D eigenvalue weighted by Gasteiger charge is 2.24. The minimum atomic E-state index is 0.0822. The molecular weight excluding hydrogens is 310 g/mol. The first-order chi connectivity index (χ1) is 11.1. The monoisotopic (exact) mass is 331 g/mol. The lowest BCUT2D eigenvalue weighted by Crippen LogP contribution is -2.48. The number of rotatable bonds is 3. The average molecular weight is 331 g/mol. The van der Waals surface area contributed by atoms with Gasteiger partial charge in [0.05, 0.1) is 12.8 Å². The van der Waals surface area contributed by atoms with Gasteiger partial charge in [-0.1, -0.05) is 0 Å². The molecule has 0 aliphatic carbocycles. The number of aromatic nitrogens is 1. The van der Waals surface area contributed by atoms with Crippen LogP contribution in [0.2, 0.25) is 0 Å². The number of piperazine rings is 1. The van der Waals surface area contributed by atoms with Crippen LogP contribution in [-0.4, -0.2) is 49.1 Å². The van der Waals surface area contributed by atoms with Crippen LogP contribution in [0.4, 0.5) is 5.13 Å². The van der Waals surface area contributed by atoms with E-state index in [9.17, 15) is 4.79 Å². The summed E-state index contributed by atoms with van der Waals surface area (Å²) in [5.74, 6) is 0.847. The van der Waals surface area contributed by atoms with Gasteiger partial charge >= 0.3 is 0 Å². The number of carbonyl (C=O) groups excluding carboxylic acids is 1. The molecule has 1 fully saturated rings. The van der Waals surface area contributed by atoms with Crippen molar-refractivity contribution in [3.05, 3.63) is 40.4 Å². The largest absolute Gasteiger partial charge is 0.497 e. The third-order valence-corrected chi connectivity index (χ3v) is 5.33. The minimum absolute atomic E-state index is 0.0822. The van der Waals surface area contributed by atoms with Crippen LogP contribution in [-0.2, 0) is 0 Å². The van der Waals surface area contributed by atoms with Crippen LogP contribution in [0.3, 0.4) is 0 Å². The molecule has 1 amide bonds. The molecule has 2 heterocycles. The summed E-state index contributed by atoms with van der Waals surface area (Å²) in [5.41, 5.74) is 1.81. The number of hydrogen-bond acceptors (Lipinski definition) is 5. The summed E-state index contributed by atoms with van der Waals surface area (Å²) in [7, 11) is 1.62. The molecule has 0 radical (unpaired) electrons. The quantitative estimate of drug-likeness (QED) is 0.867. The second kappa shape index (κ2) is 6.58. The average Bonchev–Trinajstić information content (AvgIpc) is 2.93. The fourth-order valence-corrected chi connectivity index (χ4v) is 3.57. The van der Waals surface area contributed by atoms with E-state index in [0.717, 1.165) is 42.8 Å². The maximum Gasteiger partial charge on any atom is 0.253 e. The Labute approximate surface area is 140 Å². The molecule has 1 aromatic carbocycles. The minimum Gasteiger partial charge on any atom is -0.497 e. The van der Waals surface area contributed by atoms with Crippen molar-refractivity contribution in [2.75, 3.05) is 38.2 Å². The molecule has 1 aliphatic heterocycles. The predicted molar refractivity (Wildman–Crippen MR) is 92.7 cm³/mol. The maximum atomic E-state index is 12.6. The smallest absolute Gasteiger partial charge is 0.253 e. The summed E-state index contributed by atoms with van der Waals surface area (Å²) >= 11 is 1.73. The Morgan fingerprint density at radius 2 is 1.78 bits per heavy atom. The third-order valence-electron chi connectivity index (χ3n) is 4.19. The van der Waals surface area contributed by atoms with Crippen molar-refractivity contribution in [2.24, 2.45) is 0 Å². The topological polar surface area (TPSA) is 45.7 Å². The summed E-state index contributed by atoms with van der Waals surface area (Å²) in [6.07, 6.45) is 0. The standard InChI is InChI=1S/C17H21N3O2S/c1-12-13(2)23-17(18-12)20-10-8-19(9-11-20)16(21)14-4-6-15(22-3)7-5-14/h4-7H,8-11H2,1-3H3. The zero-order valence-corrected chi connectivity index (χ0v) is 14.5. The number of aryl methyl sites for hydroxylation is 2. The second-order valence-corrected chi connectivity index (χ2v) is 6.83. The van der Waals surface area contributed by atoms with E-state index in [-0.39, 0.29) is 5.91 Å². The van der Waals surface area contributed by atoms with Crippen molar-refractivity contribution in [3.8, 4) is 5.75 Å². The molecule has 1 aliphatic rings. The molecule has 0 spiro atoms. The first-order valence-electron chi connectivity index (χ1n) is 7.71. The molecule has 5 nitrogen and oxygen atoms in total. The van der Waals surface area contributed by atoms with Crippen LogP contribution in [0.1, 0.15) is 20.9 Å². The third kappa shape index (κ3) is 3.32. The van der Waals surface area contributed by atoms with Gasteiger partial charge in [0.1, 0.15) is 5.75 Å². The van der Waals surface area contributed by atoms with E-state index < -0.39 is 0 Å². The van der Waals surface area contributed by atoms with Gasteiger partial charge in [-0.05, 0) is 38.1 Å². The Hall–Kier alpha value is -2.08. The summed E-state index contributed by atoms with van der Waals surface area (Å²) in [6.45, 7) is 7.24. The number of anilines is 1. The van der Waals surface area contributed by atoms with Gasteiger partial charge in [0.15, 0.2) is 5.13 Å². The van der Waals surface area contributed by atoms with E-state index in [2.05, 4.69) is 16.8 Å². The highest BCUT2D eigenvalue weighted by Crippen LogP contribution is 2.26. The lowest BCUT2D eigenvalue weighted by molar-refractivity contribution is 0.0746. The zero-order valence-electron chi connectivity index (χ0n) is 13.7. The Morgan fingerprint density at radius 1 is 1.13 bits per heavy atom. The van der Waals surface area contributed by atoms with E-state index in [0.29, 0.717) is 5.56 Å². The van der Waals surface area contributed by atoms with Gasteiger partial charge in [-0.2, -0.15) is 0 Å². The van der Waals surface area contributed by atoms with E-state index in [1.807, 2.05) is 36.1 Å². The summed E-state index contributed by atoms with van der Waals surface area (Å²) < 4.78 is 5.13. The second-order valence-electron chi connectivity index (χ2n) is 5.65. The molecule has 0 unspecified atom stereocenters. The Morgan fingerprint density at radius 3 is 2.30 bits per heavy atom. The van der Waals surface area contributed by atoms with Gasteiger partial charge in [0, 0.05) is 36.6 Å². The Balaban J connectivity index is 1.62. The van der Waals surface area contributed by atoms with Crippen LogP contribution < -0.4 is 9.64 Å². The highest BCUT2D eigenvalue weighted by atomic mass is 32.1. The van der Waals surface area contributed by atoms with Crippen molar-refractivity contribution in [1.82, 2.24) is 9.88 Å². The predicted octanol–water partition coefficient (Wildman–Crippen LogP) is 2.73. The molecule has 2 aromatic rings. The van der Waals surface area contributed by atoms with Gasteiger partial charge in [-0.15, -0.1) is 11.3 Å². The number of benzene rings is 1. The summed E-state index contributed by atoms with van der Waals surface area (Å²) in [4.78, 5) is 22.6. The first kappa shape index (κ1) is 15.8. The summed E-state index contributed by atoms with van der Waals surface area (Å²) in [5, 5.41) is 1.07. The van der Waals surface area contributed by atoms with E-state index in [1.165, 1.54) is 4.88 Å². The molecule has 6 heteroatoms. The van der Waals surface area contributed by atoms with Crippen LogP contribution in [0.25, 0.3) is 0 Å². The number of ether oxygens (including phenoxy) is 1. The molecule has 1 aromatic heterocycles. The SMILES string of the molecule is COc1ccc(C(=O)N2CCN(c3nc(C)c(C)s3)CC2)cc1. The fraction of sp³-hybridized carbons (Fsp3) is 0.412. The number of nitrogens with zero attached hydrogens (tertiary/aromatic N) is 3. The van der Waals surface area contributed by atoms with Gasteiger partial charge in [-0.25, -0.2) is 4.98 Å². The van der Waals surface area contributed by atoms with Gasteiger partial charge < -0.3 is 14.5 Å². The molecular formula is C17H21N3O2S. The lowest BCUT2D eigenvalue weighted by atomic mass is 10.1. The molecule has 0 bridgehead atoms. The zero-order chi connectivity index (χ0) is 16.4. The Kier molecular flexibility index (Phi) is 4.52.